The highest BCUT2D eigenvalue weighted by atomic mass is 15.3. The summed E-state index contributed by atoms with van der Waals surface area (Å²) in [6.45, 7) is 2.61. The third-order valence-electron chi connectivity index (χ3n) is 5.27. The highest BCUT2D eigenvalue weighted by Crippen LogP contribution is 2.19. The number of nitrogens with one attached hydrogen (secondary N) is 4. The van der Waals surface area contributed by atoms with E-state index in [4.69, 9.17) is 10.7 Å². The third-order valence-corrected chi connectivity index (χ3v) is 5.27. The summed E-state index contributed by atoms with van der Waals surface area (Å²) in [6.07, 6.45) is 6.53. The van der Waals surface area contributed by atoms with Crippen LogP contribution in [0.3, 0.4) is 0 Å². The number of allylic oxidation sites excluding steroid dienone is 1. The van der Waals surface area contributed by atoms with E-state index in [1.165, 1.54) is 10.8 Å². The van der Waals surface area contributed by atoms with Crippen LogP contribution in [-0.4, -0.2) is 21.6 Å². The summed E-state index contributed by atoms with van der Waals surface area (Å²) >= 11 is 0. The SMILES string of the molecule is CC1=CC(=NCc2ccc3[nH]ccc3c2)NC(N)(Cc2ccc3[nH]ccc3c2)N1. The van der Waals surface area contributed by atoms with Crippen molar-refractivity contribution in [2.75, 3.05) is 0 Å². The van der Waals surface area contributed by atoms with E-state index < -0.39 is 5.79 Å². The maximum Gasteiger partial charge on any atom is 0.166 e. The lowest BCUT2D eigenvalue weighted by Crippen LogP contribution is -2.68. The molecule has 4 aromatic rings. The number of H-pyrrole nitrogens is 2. The van der Waals surface area contributed by atoms with Crippen molar-refractivity contribution in [3.8, 4) is 0 Å². The van der Waals surface area contributed by atoms with Crippen LogP contribution in [-0.2, 0) is 13.0 Å². The Morgan fingerprint density at radius 2 is 1.52 bits per heavy atom. The number of aromatic nitrogens is 2. The number of amidine groups is 1. The normalized spacial score (nSPS) is 20.6. The molecule has 0 aliphatic carbocycles. The number of fused-ring (bicyclic) bond motifs is 2. The molecule has 6 N–H and O–H groups in total. The number of hydrogen-bond acceptors (Lipinski definition) is 3. The first-order valence-electron chi connectivity index (χ1n) is 9.76. The first kappa shape index (κ1) is 17.6. The van der Waals surface area contributed by atoms with Crippen LogP contribution in [0.25, 0.3) is 21.8 Å². The van der Waals surface area contributed by atoms with E-state index in [-0.39, 0.29) is 0 Å². The van der Waals surface area contributed by atoms with Crippen LogP contribution in [0.4, 0.5) is 0 Å². The number of aliphatic imine (C=N–C) groups is 1. The Labute approximate surface area is 168 Å². The van der Waals surface area contributed by atoms with Crippen molar-refractivity contribution in [1.29, 1.82) is 0 Å². The van der Waals surface area contributed by atoms with E-state index >= 15 is 0 Å². The largest absolute Gasteiger partial charge is 0.361 e. The molecule has 0 radical (unpaired) electrons. The molecular formula is C23H24N6. The number of nitrogens with two attached hydrogens (primary N) is 1. The highest BCUT2D eigenvalue weighted by Gasteiger charge is 2.29. The predicted octanol–water partition coefficient (Wildman–Crippen LogP) is 3.50. The van der Waals surface area contributed by atoms with Crippen LogP contribution < -0.4 is 16.4 Å². The first-order valence-corrected chi connectivity index (χ1v) is 9.76. The molecule has 1 unspecified atom stereocenters. The maximum atomic E-state index is 6.66. The van der Waals surface area contributed by atoms with Gasteiger partial charge in [-0.05, 0) is 71.3 Å². The Bertz CT molecular complexity index is 1240. The maximum absolute atomic E-state index is 6.66. The molecule has 1 aliphatic heterocycles. The Balaban J connectivity index is 1.35. The molecule has 2 aromatic heterocycles. The van der Waals surface area contributed by atoms with E-state index in [0.29, 0.717) is 13.0 Å². The van der Waals surface area contributed by atoms with E-state index in [1.54, 1.807) is 0 Å². The third kappa shape index (κ3) is 3.62. The molecule has 29 heavy (non-hydrogen) atoms. The number of nitrogens with zero attached hydrogens (tertiary/aromatic N) is 1. The fourth-order valence-electron chi connectivity index (χ4n) is 3.97. The molecule has 0 spiro atoms. The summed E-state index contributed by atoms with van der Waals surface area (Å²) in [5, 5.41) is 9.13. The van der Waals surface area contributed by atoms with E-state index in [0.717, 1.165) is 33.7 Å². The van der Waals surface area contributed by atoms with Crippen LogP contribution in [0, 0.1) is 0 Å². The average molecular weight is 384 g/mol. The Morgan fingerprint density at radius 1 is 0.862 bits per heavy atom. The fraction of sp³-hybridized carbons (Fsp3) is 0.174. The molecule has 0 amide bonds. The van der Waals surface area contributed by atoms with Crippen LogP contribution in [0.15, 0.2) is 77.7 Å². The molecule has 6 heteroatoms. The van der Waals surface area contributed by atoms with Crippen molar-refractivity contribution in [1.82, 2.24) is 20.6 Å². The molecule has 6 nitrogen and oxygen atoms in total. The Hall–Kier alpha value is -3.51. The molecule has 146 valence electrons. The number of hydrogen-bond donors (Lipinski definition) is 5. The van der Waals surface area contributed by atoms with Gasteiger partial charge in [0, 0.05) is 35.5 Å². The lowest BCUT2D eigenvalue weighted by molar-refractivity contribution is 0.328. The van der Waals surface area contributed by atoms with Gasteiger partial charge in [-0.2, -0.15) is 0 Å². The van der Waals surface area contributed by atoms with Crippen molar-refractivity contribution in [2.45, 2.75) is 25.7 Å². The van der Waals surface area contributed by atoms with Crippen molar-refractivity contribution in [3.63, 3.8) is 0 Å². The zero-order valence-corrected chi connectivity index (χ0v) is 16.3. The van der Waals surface area contributed by atoms with Gasteiger partial charge < -0.3 is 20.6 Å². The van der Waals surface area contributed by atoms with Gasteiger partial charge in [0.2, 0.25) is 0 Å². The van der Waals surface area contributed by atoms with Gasteiger partial charge in [0.25, 0.3) is 0 Å². The Morgan fingerprint density at radius 3 is 2.24 bits per heavy atom. The topological polar surface area (TPSA) is 94.0 Å². The van der Waals surface area contributed by atoms with E-state index in [2.05, 4.69) is 69.1 Å². The number of benzene rings is 2. The highest BCUT2D eigenvalue weighted by molar-refractivity contribution is 5.95. The van der Waals surface area contributed by atoms with Crippen molar-refractivity contribution in [3.05, 3.63) is 83.8 Å². The molecule has 3 heterocycles. The molecule has 5 rings (SSSR count). The minimum Gasteiger partial charge on any atom is -0.361 e. The lowest BCUT2D eigenvalue weighted by Gasteiger charge is -2.37. The zero-order chi connectivity index (χ0) is 19.8. The minimum absolute atomic E-state index is 0.596. The zero-order valence-electron chi connectivity index (χ0n) is 16.3. The molecule has 0 saturated heterocycles. The van der Waals surface area contributed by atoms with Gasteiger partial charge >= 0.3 is 0 Å². The molecule has 0 fully saturated rings. The molecule has 0 saturated carbocycles. The van der Waals surface area contributed by atoms with Gasteiger partial charge in [-0.25, -0.2) is 0 Å². The average Bonchev–Trinajstić information content (AvgIpc) is 3.33. The van der Waals surface area contributed by atoms with Gasteiger partial charge in [0.05, 0.1) is 6.54 Å². The summed E-state index contributed by atoms with van der Waals surface area (Å²) in [6, 6.07) is 16.9. The summed E-state index contributed by atoms with van der Waals surface area (Å²) in [7, 11) is 0. The van der Waals surface area contributed by atoms with Crippen molar-refractivity contribution >= 4 is 27.6 Å². The van der Waals surface area contributed by atoms with Crippen LogP contribution in [0.5, 0.6) is 0 Å². The second kappa shape index (κ2) is 6.83. The van der Waals surface area contributed by atoms with Gasteiger partial charge in [-0.15, -0.1) is 0 Å². The molecule has 1 atom stereocenters. The van der Waals surface area contributed by atoms with Gasteiger partial charge in [0.15, 0.2) is 5.79 Å². The van der Waals surface area contributed by atoms with Crippen molar-refractivity contribution < 1.29 is 0 Å². The first-order chi connectivity index (χ1) is 14.1. The minimum atomic E-state index is -0.785. The second-order valence-corrected chi connectivity index (χ2v) is 7.73. The fourth-order valence-corrected chi connectivity index (χ4v) is 3.97. The van der Waals surface area contributed by atoms with Gasteiger partial charge in [-0.3, -0.25) is 10.7 Å². The molecular weight excluding hydrogens is 360 g/mol. The molecule has 2 aromatic carbocycles. The van der Waals surface area contributed by atoms with E-state index in [9.17, 15) is 0 Å². The number of aromatic amines is 2. The van der Waals surface area contributed by atoms with E-state index in [1.807, 2.05) is 25.4 Å². The monoisotopic (exact) mass is 384 g/mol. The quantitative estimate of drug-likeness (QED) is 0.373. The van der Waals surface area contributed by atoms with Crippen LogP contribution in [0.1, 0.15) is 18.1 Å². The molecule has 0 bridgehead atoms. The lowest BCUT2D eigenvalue weighted by atomic mass is 10.0. The van der Waals surface area contributed by atoms with Gasteiger partial charge in [0.1, 0.15) is 5.84 Å². The van der Waals surface area contributed by atoms with Crippen molar-refractivity contribution in [2.24, 2.45) is 10.7 Å². The second-order valence-electron chi connectivity index (χ2n) is 7.73. The summed E-state index contributed by atoms with van der Waals surface area (Å²) in [5.41, 5.74) is 12.2. The summed E-state index contributed by atoms with van der Waals surface area (Å²) in [4.78, 5) is 11.2. The van der Waals surface area contributed by atoms with Crippen LogP contribution >= 0.6 is 0 Å². The van der Waals surface area contributed by atoms with Crippen LogP contribution in [0.2, 0.25) is 0 Å². The smallest absolute Gasteiger partial charge is 0.166 e. The summed E-state index contributed by atoms with van der Waals surface area (Å²) in [5.74, 6) is 0.00678. The standard InChI is InChI=1S/C23H24N6/c1-15-10-22(27-14-17-3-5-21-19(12-17)7-9-26-21)29-23(24,28-15)13-16-2-4-20-18(11-16)6-8-25-20/h2-12,25-26,28H,13-14,24H2,1H3,(H,27,29). The number of rotatable bonds is 4. The Kier molecular flexibility index (Phi) is 4.14. The predicted molar refractivity (Wildman–Crippen MR) is 118 cm³/mol. The summed E-state index contributed by atoms with van der Waals surface area (Å²) < 4.78 is 0. The molecule has 1 aliphatic rings. The van der Waals surface area contributed by atoms with Gasteiger partial charge in [-0.1, -0.05) is 12.1 Å².